The second-order valence-electron chi connectivity index (χ2n) is 6.62. The summed E-state index contributed by atoms with van der Waals surface area (Å²) in [6.45, 7) is 5.52. The van der Waals surface area contributed by atoms with Crippen LogP contribution in [0.4, 0.5) is 5.13 Å². The SMILES string of the molecule is CSCc1nc(=O)c2sc(N3CCOCC3)nc2n1Cc1cccc(Cl)c1C. The van der Waals surface area contributed by atoms with Crippen LogP contribution in [0.5, 0.6) is 0 Å². The number of thiazole rings is 1. The first-order valence-corrected chi connectivity index (χ1v) is 11.6. The molecule has 28 heavy (non-hydrogen) atoms. The van der Waals surface area contributed by atoms with Crippen molar-refractivity contribution in [2.24, 2.45) is 0 Å². The van der Waals surface area contributed by atoms with Crippen LogP contribution in [-0.4, -0.2) is 47.1 Å². The Balaban J connectivity index is 1.85. The van der Waals surface area contributed by atoms with E-state index in [1.54, 1.807) is 11.8 Å². The third kappa shape index (κ3) is 3.78. The van der Waals surface area contributed by atoms with E-state index in [0.717, 1.165) is 40.2 Å². The fourth-order valence-electron chi connectivity index (χ4n) is 3.26. The van der Waals surface area contributed by atoms with Gasteiger partial charge in [0.25, 0.3) is 5.56 Å². The lowest BCUT2D eigenvalue weighted by atomic mass is 10.1. The van der Waals surface area contributed by atoms with Gasteiger partial charge in [-0.2, -0.15) is 16.7 Å². The fourth-order valence-corrected chi connectivity index (χ4v) is 4.94. The van der Waals surface area contributed by atoms with E-state index in [1.807, 2.05) is 25.3 Å². The Kier molecular flexibility index (Phi) is 5.91. The molecule has 1 aliphatic heterocycles. The molecule has 0 N–H and O–H groups in total. The molecule has 0 unspecified atom stereocenters. The number of halogens is 1. The monoisotopic (exact) mass is 436 g/mol. The standard InChI is InChI=1S/C19H21ClN4O2S2/c1-12-13(4-3-5-14(12)20)10-24-15(11-27-2)21-18(25)16-17(24)22-19(28-16)23-6-8-26-9-7-23/h3-5H,6-11H2,1-2H3. The van der Waals surface area contributed by atoms with E-state index >= 15 is 0 Å². The van der Waals surface area contributed by atoms with E-state index in [9.17, 15) is 4.79 Å². The Hall–Kier alpha value is -1.61. The van der Waals surface area contributed by atoms with Gasteiger partial charge in [0.05, 0.1) is 25.5 Å². The molecule has 0 bridgehead atoms. The Bertz CT molecular complexity index is 1060. The number of morpholine rings is 1. The summed E-state index contributed by atoms with van der Waals surface area (Å²) in [5, 5.41) is 1.59. The van der Waals surface area contributed by atoms with Gasteiger partial charge in [0.1, 0.15) is 10.5 Å². The molecule has 0 spiro atoms. The first kappa shape index (κ1) is 19.7. The zero-order valence-electron chi connectivity index (χ0n) is 15.8. The Morgan fingerprint density at radius 2 is 2.07 bits per heavy atom. The first-order chi connectivity index (χ1) is 13.6. The lowest BCUT2D eigenvalue weighted by molar-refractivity contribution is 0.122. The molecule has 0 amide bonds. The van der Waals surface area contributed by atoms with E-state index in [0.29, 0.717) is 35.9 Å². The molecule has 1 aromatic carbocycles. The van der Waals surface area contributed by atoms with Gasteiger partial charge in [0, 0.05) is 18.1 Å². The average Bonchev–Trinajstić information content (AvgIpc) is 3.15. The van der Waals surface area contributed by atoms with Crippen molar-refractivity contribution in [2.45, 2.75) is 19.2 Å². The third-order valence-corrected chi connectivity index (χ3v) is 6.90. The van der Waals surface area contributed by atoms with Crippen LogP contribution >= 0.6 is 34.7 Å². The Morgan fingerprint density at radius 3 is 2.82 bits per heavy atom. The molecule has 1 aliphatic rings. The van der Waals surface area contributed by atoms with Crippen LogP contribution in [0, 0.1) is 6.92 Å². The second-order valence-corrected chi connectivity index (χ2v) is 8.88. The molecule has 3 heterocycles. The highest BCUT2D eigenvalue weighted by Crippen LogP contribution is 2.29. The largest absolute Gasteiger partial charge is 0.378 e. The predicted octanol–water partition coefficient (Wildman–Crippen LogP) is 3.56. The molecule has 1 saturated heterocycles. The van der Waals surface area contributed by atoms with Crippen molar-refractivity contribution < 1.29 is 4.74 Å². The van der Waals surface area contributed by atoms with Crippen molar-refractivity contribution in [1.82, 2.24) is 14.5 Å². The van der Waals surface area contributed by atoms with Crippen molar-refractivity contribution in [3.05, 3.63) is 50.5 Å². The van der Waals surface area contributed by atoms with Gasteiger partial charge in [-0.25, -0.2) is 4.98 Å². The van der Waals surface area contributed by atoms with Crippen LogP contribution in [0.2, 0.25) is 5.02 Å². The summed E-state index contributed by atoms with van der Waals surface area (Å²) in [6, 6.07) is 5.90. The van der Waals surface area contributed by atoms with E-state index in [1.165, 1.54) is 11.3 Å². The van der Waals surface area contributed by atoms with Gasteiger partial charge in [0.2, 0.25) is 0 Å². The number of rotatable bonds is 5. The Labute approximate surface area is 176 Å². The number of hydrogen-bond acceptors (Lipinski definition) is 7. The van der Waals surface area contributed by atoms with Gasteiger partial charge >= 0.3 is 0 Å². The van der Waals surface area contributed by atoms with Crippen LogP contribution in [-0.2, 0) is 17.0 Å². The number of thioether (sulfide) groups is 1. The summed E-state index contributed by atoms with van der Waals surface area (Å²) in [4.78, 5) is 24.1. The smallest absolute Gasteiger partial charge is 0.292 e. The summed E-state index contributed by atoms with van der Waals surface area (Å²) in [6.07, 6.45) is 2.01. The predicted molar refractivity (Wildman–Crippen MR) is 117 cm³/mol. The van der Waals surface area contributed by atoms with Crippen molar-refractivity contribution in [3.8, 4) is 0 Å². The highest BCUT2D eigenvalue weighted by molar-refractivity contribution is 7.97. The molecule has 4 rings (SSSR count). The molecule has 9 heteroatoms. The number of ether oxygens (including phenoxy) is 1. The van der Waals surface area contributed by atoms with Gasteiger partial charge in [-0.1, -0.05) is 35.1 Å². The van der Waals surface area contributed by atoms with Crippen molar-refractivity contribution >= 4 is 50.2 Å². The quantitative estimate of drug-likeness (QED) is 0.609. The zero-order valence-corrected chi connectivity index (χ0v) is 18.2. The summed E-state index contributed by atoms with van der Waals surface area (Å²) in [5.41, 5.74) is 2.64. The van der Waals surface area contributed by atoms with Gasteiger partial charge in [-0.05, 0) is 30.4 Å². The maximum absolute atomic E-state index is 12.7. The summed E-state index contributed by atoms with van der Waals surface area (Å²) in [5.74, 6) is 1.39. The van der Waals surface area contributed by atoms with Gasteiger partial charge in [-0.15, -0.1) is 0 Å². The number of hydrogen-bond donors (Lipinski definition) is 0. The third-order valence-electron chi connectivity index (χ3n) is 4.85. The molecule has 0 saturated carbocycles. The van der Waals surface area contributed by atoms with Crippen LogP contribution in [0.15, 0.2) is 23.0 Å². The van der Waals surface area contributed by atoms with Crippen LogP contribution in [0.25, 0.3) is 10.3 Å². The highest BCUT2D eigenvalue weighted by atomic mass is 35.5. The molecule has 0 aliphatic carbocycles. The lowest BCUT2D eigenvalue weighted by Crippen LogP contribution is -2.36. The van der Waals surface area contributed by atoms with Crippen molar-refractivity contribution in [3.63, 3.8) is 0 Å². The van der Waals surface area contributed by atoms with Gasteiger partial charge in [-0.3, -0.25) is 4.79 Å². The van der Waals surface area contributed by atoms with Crippen LogP contribution in [0.3, 0.4) is 0 Å². The van der Waals surface area contributed by atoms with Crippen LogP contribution in [0.1, 0.15) is 17.0 Å². The number of anilines is 1. The minimum absolute atomic E-state index is 0.199. The molecule has 0 radical (unpaired) electrons. The van der Waals surface area contributed by atoms with E-state index in [2.05, 4.69) is 20.5 Å². The number of fused-ring (bicyclic) bond motifs is 1. The molecular weight excluding hydrogens is 416 g/mol. The van der Waals surface area contributed by atoms with E-state index < -0.39 is 0 Å². The van der Waals surface area contributed by atoms with Crippen LogP contribution < -0.4 is 10.5 Å². The molecule has 148 valence electrons. The Morgan fingerprint density at radius 1 is 1.29 bits per heavy atom. The summed E-state index contributed by atoms with van der Waals surface area (Å²) < 4.78 is 8.10. The lowest BCUT2D eigenvalue weighted by Gasteiger charge is -2.25. The van der Waals surface area contributed by atoms with E-state index in [4.69, 9.17) is 21.3 Å². The second kappa shape index (κ2) is 8.41. The first-order valence-electron chi connectivity index (χ1n) is 9.04. The molecule has 1 fully saturated rings. The normalized spacial score (nSPS) is 14.8. The molecule has 6 nitrogen and oxygen atoms in total. The fraction of sp³-hybridized carbons (Fsp3) is 0.421. The number of aromatic nitrogens is 3. The average molecular weight is 437 g/mol. The molecule has 3 aromatic rings. The molecule has 0 atom stereocenters. The van der Waals surface area contributed by atoms with Gasteiger partial charge < -0.3 is 14.2 Å². The minimum Gasteiger partial charge on any atom is -0.378 e. The van der Waals surface area contributed by atoms with E-state index in [-0.39, 0.29) is 5.56 Å². The van der Waals surface area contributed by atoms with Crippen molar-refractivity contribution in [2.75, 3.05) is 37.5 Å². The zero-order chi connectivity index (χ0) is 19.7. The maximum atomic E-state index is 12.7. The minimum atomic E-state index is -0.199. The summed E-state index contributed by atoms with van der Waals surface area (Å²) >= 11 is 9.38. The number of nitrogens with zero attached hydrogens (tertiary/aromatic N) is 4. The number of benzene rings is 1. The highest BCUT2D eigenvalue weighted by Gasteiger charge is 2.21. The summed E-state index contributed by atoms with van der Waals surface area (Å²) in [7, 11) is 0. The maximum Gasteiger partial charge on any atom is 0.292 e. The molecule has 2 aromatic heterocycles. The topological polar surface area (TPSA) is 60.3 Å². The van der Waals surface area contributed by atoms with Gasteiger partial charge in [0.15, 0.2) is 10.8 Å². The van der Waals surface area contributed by atoms with Crippen molar-refractivity contribution in [1.29, 1.82) is 0 Å². The molecular formula is C19H21ClN4O2S2.